The Labute approximate surface area is 267 Å². The van der Waals surface area contributed by atoms with Crippen LogP contribution in [-0.4, -0.2) is 59.1 Å². The quantitative estimate of drug-likeness (QED) is 0.117. The number of hydrogen-bond donors (Lipinski definition) is 5. The van der Waals surface area contributed by atoms with Crippen molar-refractivity contribution in [2.75, 3.05) is 36.8 Å². The fourth-order valence-corrected chi connectivity index (χ4v) is 5.90. The minimum Gasteiger partial charge on any atom is -0.390 e. The molecule has 0 bridgehead atoms. The van der Waals surface area contributed by atoms with Crippen molar-refractivity contribution in [2.45, 2.75) is 39.8 Å². The summed E-state index contributed by atoms with van der Waals surface area (Å²) in [7, 11) is 0. The van der Waals surface area contributed by atoms with Crippen LogP contribution in [-0.2, 0) is 4.79 Å². The third-order valence-electron chi connectivity index (χ3n) is 8.31. The van der Waals surface area contributed by atoms with Gasteiger partial charge >= 0.3 is 0 Å². The molecule has 5 rings (SSSR count). The van der Waals surface area contributed by atoms with Gasteiger partial charge < -0.3 is 30.9 Å². The SMILES string of the molecule is CCN(CC)CC(O)CNC(C)c1c(C)[nH]c(C=C2C(=O)Nc3ccc(C(=O)Nc4ccccc4)cc32)c1-c1ccc(F)cc1F. The first-order valence-corrected chi connectivity index (χ1v) is 15.4. The topological polar surface area (TPSA) is 109 Å². The molecule has 0 fully saturated rings. The number of aromatic nitrogens is 1. The summed E-state index contributed by atoms with van der Waals surface area (Å²) in [5, 5.41) is 19.7. The average Bonchev–Trinajstić information content (AvgIpc) is 3.53. The number of aryl methyl sites for hydroxylation is 1. The number of halogens is 2. The number of rotatable bonds is 12. The first-order chi connectivity index (χ1) is 22.1. The predicted octanol–water partition coefficient (Wildman–Crippen LogP) is 6.37. The lowest BCUT2D eigenvalue weighted by atomic mass is 9.94. The van der Waals surface area contributed by atoms with Crippen molar-refractivity contribution in [3.8, 4) is 11.1 Å². The minimum absolute atomic E-state index is 0.166. The molecule has 1 aliphatic heterocycles. The van der Waals surface area contributed by atoms with E-state index in [1.54, 1.807) is 36.4 Å². The molecule has 1 aliphatic rings. The second kappa shape index (κ2) is 14.2. The molecule has 2 heterocycles. The van der Waals surface area contributed by atoms with E-state index in [9.17, 15) is 19.1 Å². The molecule has 2 atom stereocenters. The number of aliphatic hydroxyl groups excluding tert-OH is 1. The zero-order valence-corrected chi connectivity index (χ0v) is 26.4. The molecule has 0 radical (unpaired) electrons. The van der Waals surface area contributed by atoms with Crippen molar-refractivity contribution in [1.82, 2.24) is 15.2 Å². The Balaban J connectivity index is 1.52. The van der Waals surface area contributed by atoms with Crippen LogP contribution in [0.2, 0.25) is 0 Å². The smallest absolute Gasteiger partial charge is 0.256 e. The second-order valence-electron chi connectivity index (χ2n) is 11.4. The zero-order chi connectivity index (χ0) is 33.0. The van der Waals surface area contributed by atoms with Crippen LogP contribution in [0.1, 0.15) is 59.7 Å². The summed E-state index contributed by atoms with van der Waals surface area (Å²) in [6, 6.07) is 17.1. The standard InChI is InChI=1S/C36H39F2N5O3/c1-5-43(6-2)20-26(44)19-39-21(3)33-22(4)40-32(34(33)27-14-13-24(37)17-30(27)38)18-29-28-16-23(12-15-31(28)42-36(29)46)35(45)41-25-10-8-7-9-11-25/h7-18,21,26,39-40,44H,5-6,19-20H2,1-4H3,(H,41,45)(H,42,46). The first-order valence-electron chi connectivity index (χ1n) is 15.4. The number of amides is 2. The van der Waals surface area contributed by atoms with E-state index in [-0.39, 0.29) is 29.0 Å². The van der Waals surface area contributed by atoms with Gasteiger partial charge in [-0.3, -0.25) is 9.59 Å². The summed E-state index contributed by atoms with van der Waals surface area (Å²) in [6.45, 7) is 10.3. The Kier molecular flexibility index (Phi) is 10.1. The van der Waals surface area contributed by atoms with Gasteiger partial charge in [0.1, 0.15) is 11.6 Å². The van der Waals surface area contributed by atoms with Crippen molar-refractivity contribution in [3.05, 3.63) is 106 Å². The minimum atomic E-state index is -0.746. The number of benzene rings is 3. The lowest BCUT2D eigenvalue weighted by Gasteiger charge is -2.24. The predicted molar refractivity (Wildman–Crippen MR) is 178 cm³/mol. The third-order valence-corrected chi connectivity index (χ3v) is 8.31. The molecule has 0 saturated carbocycles. The van der Waals surface area contributed by atoms with Crippen LogP contribution < -0.4 is 16.0 Å². The van der Waals surface area contributed by atoms with Gasteiger partial charge in [0, 0.05) is 70.2 Å². The highest BCUT2D eigenvalue weighted by Gasteiger charge is 2.29. The number of carbonyl (C=O) groups excluding carboxylic acids is 2. The Morgan fingerprint density at radius 2 is 1.76 bits per heavy atom. The van der Waals surface area contributed by atoms with Crippen LogP contribution >= 0.6 is 0 Å². The molecule has 240 valence electrons. The highest BCUT2D eigenvalue weighted by Crippen LogP contribution is 2.40. The Hall–Kier alpha value is -4.64. The van der Waals surface area contributed by atoms with Crippen LogP contribution in [0.25, 0.3) is 22.8 Å². The molecule has 2 amide bonds. The summed E-state index contributed by atoms with van der Waals surface area (Å²) in [5.41, 5.74) is 4.89. The first kappa shape index (κ1) is 32.7. The van der Waals surface area contributed by atoms with E-state index in [0.717, 1.165) is 30.4 Å². The van der Waals surface area contributed by atoms with E-state index in [2.05, 4.69) is 25.8 Å². The molecule has 8 nitrogen and oxygen atoms in total. The number of hydrogen-bond acceptors (Lipinski definition) is 5. The van der Waals surface area contributed by atoms with E-state index in [1.807, 2.05) is 45.9 Å². The largest absolute Gasteiger partial charge is 0.390 e. The van der Waals surface area contributed by atoms with Crippen LogP contribution in [0, 0.1) is 18.6 Å². The van der Waals surface area contributed by atoms with Gasteiger partial charge in [-0.1, -0.05) is 32.0 Å². The number of aliphatic hydroxyl groups is 1. The molecular weight excluding hydrogens is 588 g/mol. The van der Waals surface area contributed by atoms with Gasteiger partial charge in [-0.25, -0.2) is 8.78 Å². The van der Waals surface area contributed by atoms with E-state index in [4.69, 9.17) is 0 Å². The van der Waals surface area contributed by atoms with Gasteiger partial charge in [0.2, 0.25) is 0 Å². The number of likely N-dealkylation sites (N-methyl/N-ethyl adjacent to an activating group) is 1. The molecule has 10 heteroatoms. The van der Waals surface area contributed by atoms with Crippen LogP contribution in [0.4, 0.5) is 20.2 Å². The average molecular weight is 628 g/mol. The molecule has 3 aromatic carbocycles. The fraction of sp³-hybridized carbons (Fsp3) is 0.278. The van der Waals surface area contributed by atoms with E-state index in [0.29, 0.717) is 46.8 Å². The van der Waals surface area contributed by atoms with Gasteiger partial charge in [-0.2, -0.15) is 0 Å². The van der Waals surface area contributed by atoms with Crippen molar-refractivity contribution in [2.24, 2.45) is 0 Å². The number of anilines is 2. The number of H-pyrrole nitrogens is 1. The lowest BCUT2D eigenvalue weighted by molar-refractivity contribution is -0.110. The number of nitrogens with zero attached hydrogens (tertiary/aromatic N) is 1. The normalized spacial score (nSPS) is 14.8. The number of aromatic amines is 1. The monoisotopic (exact) mass is 627 g/mol. The zero-order valence-electron chi connectivity index (χ0n) is 26.4. The Morgan fingerprint density at radius 3 is 2.46 bits per heavy atom. The lowest BCUT2D eigenvalue weighted by Crippen LogP contribution is -2.39. The van der Waals surface area contributed by atoms with Crippen molar-refractivity contribution in [1.29, 1.82) is 0 Å². The third kappa shape index (κ3) is 7.09. The molecule has 5 N–H and O–H groups in total. The highest BCUT2D eigenvalue weighted by atomic mass is 19.1. The summed E-state index contributed by atoms with van der Waals surface area (Å²) >= 11 is 0. The maximum Gasteiger partial charge on any atom is 0.256 e. The highest BCUT2D eigenvalue weighted by molar-refractivity contribution is 6.35. The summed E-state index contributed by atoms with van der Waals surface area (Å²) in [5.74, 6) is -2.15. The molecule has 4 aromatic rings. The van der Waals surface area contributed by atoms with Crippen LogP contribution in [0.5, 0.6) is 0 Å². The number of carbonyl (C=O) groups is 2. The van der Waals surface area contributed by atoms with Gasteiger partial charge in [-0.15, -0.1) is 0 Å². The number of fused-ring (bicyclic) bond motifs is 1. The Morgan fingerprint density at radius 1 is 1.02 bits per heavy atom. The molecule has 2 unspecified atom stereocenters. The van der Waals surface area contributed by atoms with Gasteiger partial charge in [0.25, 0.3) is 11.8 Å². The maximum atomic E-state index is 15.4. The second-order valence-corrected chi connectivity index (χ2v) is 11.4. The fourth-order valence-electron chi connectivity index (χ4n) is 5.90. The molecule has 46 heavy (non-hydrogen) atoms. The molecular formula is C36H39F2N5O3. The van der Waals surface area contributed by atoms with Gasteiger partial charge in [-0.05, 0) is 81.0 Å². The van der Waals surface area contributed by atoms with E-state index in [1.165, 1.54) is 12.1 Å². The molecule has 0 saturated heterocycles. The van der Waals surface area contributed by atoms with Crippen molar-refractivity contribution >= 4 is 34.8 Å². The van der Waals surface area contributed by atoms with Gasteiger partial charge in [0.05, 0.1) is 11.7 Å². The summed E-state index contributed by atoms with van der Waals surface area (Å²) in [6.07, 6.45) is 1.01. The van der Waals surface area contributed by atoms with Gasteiger partial charge in [0.15, 0.2) is 0 Å². The molecule has 0 spiro atoms. The van der Waals surface area contributed by atoms with Crippen molar-refractivity contribution < 1.29 is 23.5 Å². The number of nitrogens with one attached hydrogen (secondary N) is 4. The number of para-hydroxylation sites is 1. The maximum absolute atomic E-state index is 15.4. The molecule has 0 aliphatic carbocycles. The molecule has 1 aromatic heterocycles. The Bertz CT molecular complexity index is 1760. The van der Waals surface area contributed by atoms with Crippen LogP contribution in [0.15, 0.2) is 66.7 Å². The van der Waals surface area contributed by atoms with E-state index >= 15 is 4.39 Å². The summed E-state index contributed by atoms with van der Waals surface area (Å²) in [4.78, 5) is 31.7. The summed E-state index contributed by atoms with van der Waals surface area (Å²) < 4.78 is 29.4. The van der Waals surface area contributed by atoms with Crippen LogP contribution in [0.3, 0.4) is 0 Å². The van der Waals surface area contributed by atoms with Crippen molar-refractivity contribution in [3.63, 3.8) is 0 Å². The van der Waals surface area contributed by atoms with E-state index < -0.39 is 17.7 Å².